The van der Waals surface area contributed by atoms with Crippen molar-refractivity contribution in [3.8, 4) is 0 Å². The number of anilines is 1. The molecule has 0 aliphatic heterocycles. The lowest BCUT2D eigenvalue weighted by Gasteiger charge is -2.34. The summed E-state index contributed by atoms with van der Waals surface area (Å²) in [5.41, 5.74) is 2.53. The molecule has 0 aliphatic carbocycles. The number of sulfonamides is 1. The minimum Gasteiger partial charge on any atom is -0.355 e. The summed E-state index contributed by atoms with van der Waals surface area (Å²) in [6.45, 7) is 3.35. The van der Waals surface area contributed by atoms with Crippen molar-refractivity contribution in [2.24, 2.45) is 0 Å². The van der Waals surface area contributed by atoms with Gasteiger partial charge in [-0.15, -0.1) is 0 Å². The average Bonchev–Trinajstić information content (AvgIpc) is 3.00. The van der Waals surface area contributed by atoms with Crippen LogP contribution in [0.4, 0.5) is 5.69 Å². The van der Waals surface area contributed by atoms with E-state index in [-0.39, 0.29) is 23.8 Å². The van der Waals surface area contributed by atoms with Gasteiger partial charge in [0.2, 0.25) is 11.8 Å². The fourth-order valence-corrected chi connectivity index (χ4v) is 6.61. The minimum atomic E-state index is -4.17. The number of amides is 2. The predicted molar refractivity (Wildman–Crippen MR) is 172 cm³/mol. The number of hydrogen-bond donors (Lipinski definition) is 1. The highest BCUT2D eigenvalue weighted by Crippen LogP contribution is 2.29. The highest BCUT2D eigenvalue weighted by atomic mass is 35.5. The molecule has 1 atom stereocenters. The summed E-state index contributed by atoms with van der Waals surface area (Å²) in [7, 11) is -4.17. The number of nitrogens with zero attached hydrogens (tertiary/aromatic N) is 2. The SMILES string of the molecule is CCNC(=O)[C@@H](Cc1ccccc1)N(Cc1c(Cl)cccc1Cl)C(=O)CN(c1ccc(C)cc1)S(=O)(=O)c1ccccc1. The Morgan fingerprint density at radius 3 is 1.98 bits per heavy atom. The van der Waals surface area contributed by atoms with Gasteiger partial charge in [-0.05, 0) is 55.8 Å². The Hall–Kier alpha value is -3.85. The van der Waals surface area contributed by atoms with E-state index in [9.17, 15) is 18.0 Å². The number of carbonyl (C=O) groups is 2. The monoisotopic (exact) mass is 637 g/mol. The summed E-state index contributed by atoms with van der Waals surface area (Å²) in [5.74, 6) is -0.973. The van der Waals surface area contributed by atoms with Gasteiger partial charge < -0.3 is 10.2 Å². The summed E-state index contributed by atoms with van der Waals surface area (Å²) >= 11 is 13.0. The Labute approximate surface area is 263 Å². The first-order chi connectivity index (χ1) is 20.6. The van der Waals surface area contributed by atoms with Crippen LogP contribution in [0.2, 0.25) is 10.0 Å². The second-order valence-corrected chi connectivity index (χ2v) is 12.7. The second kappa shape index (κ2) is 14.6. The Morgan fingerprint density at radius 2 is 1.40 bits per heavy atom. The van der Waals surface area contributed by atoms with E-state index in [1.165, 1.54) is 17.0 Å². The van der Waals surface area contributed by atoms with Gasteiger partial charge in [0.15, 0.2) is 0 Å². The lowest BCUT2D eigenvalue weighted by atomic mass is 10.0. The minimum absolute atomic E-state index is 0.0358. The molecule has 0 fully saturated rings. The van der Waals surface area contributed by atoms with Gasteiger partial charge in [0.05, 0.1) is 10.6 Å². The van der Waals surface area contributed by atoms with E-state index in [1.807, 2.05) is 37.3 Å². The molecule has 0 unspecified atom stereocenters. The molecule has 2 amide bonds. The predicted octanol–water partition coefficient (Wildman–Crippen LogP) is 6.27. The number of carbonyl (C=O) groups excluding carboxylic acids is 2. The maximum Gasteiger partial charge on any atom is 0.264 e. The lowest BCUT2D eigenvalue weighted by Crippen LogP contribution is -2.53. The number of halogens is 2. The highest BCUT2D eigenvalue weighted by molar-refractivity contribution is 7.92. The van der Waals surface area contributed by atoms with E-state index < -0.39 is 28.5 Å². The summed E-state index contributed by atoms with van der Waals surface area (Å²) in [4.78, 5) is 29.4. The van der Waals surface area contributed by atoms with E-state index in [2.05, 4.69) is 5.32 Å². The molecule has 43 heavy (non-hydrogen) atoms. The molecular weight excluding hydrogens is 605 g/mol. The summed E-state index contributed by atoms with van der Waals surface area (Å²) in [5, 5.41) is 3.48. The van der Waals surface area contributed by atoms with Crippen molar-refractivity contribution in [3.05, 3.63) is 130 Å². The van der Waals surface area contributed by atoms with Gasteiger partial charge in [0.1, 0.15) is 12.6 Å². The molecule has 10 heteroatoms. The first kappa shape index (κ1) is 32.1. The van der Waals surface area contributed by atoms with Crippen molar-refractivity contribution in [1.29, 1.82) is 0 Å². The van der Waals surface area contributed by atoms with E-state index in [0.717, 1.165) is 15.4 Å². The molecule has 0 spiro atoms. The van der Waals surface area contributed by atoms with Gasteiger partial charge in [-0.25, -0.2) is 8.42 Å². The van der Waals surface area contributed by atoms with Crippen molar-refractivity contribution in [1.82, 2.24) is 10.2 Å². The summed E-state index contributed by atoms with van der Waals surface area (Å²) < 4.78 is 29.0. The zero-order valence-corrected chi connectivity index (χ0v) is 26.2. The Kier molecular flexibility index (Phi) is 10.9. The molecule has 0 radical (unpaired) electrons. The van der Waals surface area contributed by atoms with Gasteiger partial charge in [0, 0.05) is 35.1 Å². The van der Waals surface area contributed by atoms with Crippen LogP contribution in [-0.2, 0) is 32.6 Å². The van der Waals surface area contributed by atoms with Gasteiger partial charge in [-0.3, -0.25) is 13.9 Å². The number of nitrogens with one attached hydrogen (secondary N) is 1. The Balaban J connectivity index is 1.82. The van der Waals surface area contributed by atoms with Gasteiger partial charge in [-0.1, -0.05) is 95.5 Å². The first-order valence-electron chi connectivity index (χ1n) is 13.8. The number of rotatable bonds is 12. The topological polar surface area (TPSA) is 86.8 Å². The van der Waals surface area contributed by atoms with Crippen LogP contribution in [0.5, 0.6) is 0 Å². The Bertz CT molecular complexity index is 1630. The molecule has 4 rings (SSSR count). The quantitative estimate of drug-likeness (QED) is 0.198. The maximum absolute atomic E-state index is 14.4. The van der Waals surface area contributed by atoms with E-state index in [0.29, 0.717) is 27.8 Å². The standard InChI is InChI=1S/C33H33Cl2N3O4S/c1-3-36-33(40)31(21-25-11-6-4-7-12-25)37(22-28-29(34)15-10-16-30(28)35)32(39)23-38(26-19-17-24(2)18-20-26)43(41,42)27-13-8-5-9-14-27/h4-20,31H,3,21-23H2,1-2H3,(H,36,40)/t31-/m1/s1. The van der Waals surface area contributed by atoms with Crippen LogP contribution in [0.3, 0.4) is 0 Å². The molecule has 0 aliphatic rings. The zero-order valence-electron chi connectivity index (χ0n) is 23.9. The number of likely N-dealkylation sites (N-methyl/N-ethyl adjacent to an activating group) is 1. The van der Waals surface area contributed by atoms with Crippen molar-refractivity contribution < 1.29 is 18.0 Å². The molecule has 7 nitrogen and oxygen atoms in total. The third kappa shape index (κ3) is 7.96. The van der Waals surface area contributed by atoms with Crippen molar-refractivity contribution in [2.75, 3.05) is 17.4 Å². The smallest absolute Gasteiger partial charge is 0.264 e. The van der Waals surface area contributed by atoms with Gasteiger partial charge in [-0.2, -0.15) is 0 Å². The maximum atomic E-state index is 14.4. The third-order valence-electron chi connectivity index (χ3n) is 6.94. The summed E-state index contributed by atoms with van der Waals surface area (Å²) in [6, 6.07) is 28.1. The average molecular weight is 639 g/mol. The molecular formula is C33H33Cl2N3O4S. The van der Waals surface area contributed by atoms with Crippen molar-refractivity contribution >= 4 is 50.7 Å². The van der Waals surface area contributed by atoms with Crippen LogP contribution in [0.25, 0.3) is 0 Å². The number of benzene rings is 4. The first-order valence-corrected chi connectivity index (χ1v) is 16.0. The fraction of sp³-hybridized carbons (Fsp3) is 0.212. The van der Waals surface area contributed by atoms with Crippen molar-refractivity contribution in [2.45, 2.75) is 37.8 Å². The molecule has 4 aromatic rings. The fourth-order valence-electron chi connectivity index (χ4n) is 4.66. The molecule has 4 aromatic carbocycles. The van der Waals surface area contributed by atoms with Crippen LogP contribution >= 0.6 is 23.2 Å². The van der Waals surface area contributed by atoms with Crippen molar-refractivity contribution in [3.63, 3.8) is 0 Å². The molecule has 0 bridgehead atoms. The number of aryl methyl sites for hydroxylation is 1. The zero-order chi connectivity index (χ0) is 31.0. The van der Waals surface area contributed by atoms with Crippen LogP contribution in [-0.4, -0.2) is 44.3 Å². The molecule has 0 heterocycles. The Morgan fingerprint density at radius 1 is 0.814 bits per heavy atom. The van der Waals surface area contributed by atoms with E-state index in [4.69, 9.17) is 23.2 Å². The van der Waals surface area contributed by atoms with Crippen LogP contribution in [0.1, 0.15) is 23.6 Å². The number of hydrogen-bond acceptors (Lipinski definition) is 4. The third-order valence-corrected chi connectivity index (χ3v) is 9.44. The van der Waals surface area contributed by atoms with Crippen LogP contribution < -0.4 is 9.62 Å². The molecule has 0 saturated carbocycles. The largest absolute Gasteiger partial charge is 0.355 e. The van der Waals surface area contributed by atoms with Crippen LogP contribution in [0.15, 0.2) is 108 Å². The molecule has 0 aromatic heterocycles. The molecule has 1 N–H and O–H groups in total. The van der Waals surface area contributed by atoms with E-state index in [1.54, 1.807) is 67.6 Å². The van der Waals surface area contributed by atoms with Crippen LogP contribution in [0, 0.1) is 6.92 Å². The highest BCUT2D eigenvalue weighted by Gasteiger charge is 2.35. The van der Waals surface area contributed by atoms with Gasteiger partial charge in [0.25, 0.3) is 10.0 Å². The summed E-state index contributed by atoms with van der Waals surface area (Å²) in [6.07, 6.45) is 0.191. The molecule has 224 valence electrons. The second-order valence-electron chi connectivity index (χ2n) is 9.98. The lowest BCUT2D eigenvalue weighted by molar-refractivity contribution is -0.140. The van der Waals surface area contributed by atoms with Gasteiger partial charge >= 0.3 is 0 Å². The normalized spacial score (nSPS) is 11.9. The van der Waals surface area contributed by atoms with E-state index >= 15 is 0 Å². The molecule has 0 saturated heterocycles.